The molecule has 0 aromatic heterocycles. The zero-order valence-corrected chi connectivity index (χ0v) is 14.1. The summed E-state index contributed by atoms with van der Waals surface area (Å²) in [6.07, 6.45) is 7.40. The third-order valence-corrected chi connectivity index (χ3v) is 3.99. The fraction of sp³-hybridized carbons (Fsp3) is 0.824. The second-order valence-corrected chi connectivity index (χ2v) is 7.24. The van der Waals surface area contributed by atoms with Gasteiger partial charge in [0.2, 0.25) is 0 Å². The van der Waals surface area contributed by atoms with E-state index in [2.05, 4.69) is 39.2 Å². The summed E-state index contributed by atoms with van der Waals surface area (Å²) in [5, 5.41) is 8.34. The van der Waals surface area contributed by atoms with Gasteiger partial charge >= 0.3 is 5.97 Å². The first-order valence-electron chi connectivity index (χ1n) is 7.78. The van der Waals surface area contributed by atoms with Crippen molar-refractivity contribution in [2.75, 3.05) is 13.2 Å². The molecule has 0 atom stereocenters. The van der Waals surface area contributed by atoms with Crippen molar-refractivity contribution in [3.8, 4) is 0 Å². The van der Waals surface area contributed by atoms with E-state index in [1.807, 2.05) is 0 Å². The first-order chi connectivity index (χ1) is 9.72. The van der Waals surface area contributed by atoms with Crippen LogP contribution in [-0.4, -0.2) is 24.4 Å². The van der Waals surface area contributed by atoms with Gasteiger partial charge in [0.05, 0.1) is 13.2 Å². The largest absolute Gasteiger partial charge is 0.463 e. The summed E-state index contributed by atoms with van der Waals surface area (Å²) >= 11 is 0. The Kier molecular flexibility index (Phi) is 9.54. The normalized spacial score (nSPS) is 12.2. The van der Waals surface area contributed by atoms with Crippen molar-refractivity contribution in [2.45, 2.75) is 66.2 Å². The van der Waals surface area contributed by atoms with E-state index < -0.39 is 0 Å². The average Bonchev–Trinajstić information content (AvgIpc) is 2.37. The Bertz CT molecular complexity index is 308. The van der Waals surface area contributed by atoms with Crippen LogP contribution in [0.25, 0.3) is 0 Å². The monoisotopic (exact) mass is 300 g/mol. The van der Waals surface area contributed by atoms with Crippen LogP contribution in [0.15, 0.2) is 12.7 Å². The molecule has 0 rings (SSSR count). The van der Waals surface area contributed by atoms with E-state index in [1.165, 1.54) is 6.08 Å². The summed E-state index contributed by atoms with van der Waals surface area (Å²) in [4.78, 5) is 15.1. The number of carbonyl (C=O) groups is 1. The zero-order valence-electron chi connectivity index (χ0n) is 14.1. The Morgan fingerprint density at radius 3 is 2.05 bits per heavy atom. The van der Waals surface area contributed by atoms with Gasteiger partial charge in [0.15, 0.2) is 0 Å². The summed E-state index contributed by atoms with van der Waals surface area (Å²) < 4.78 is 5.05. The number of rotatable bonds is 12. The molecule has 0 saturated carbocycles. The van der Waals surface area contributed by atoms with E-state index in [4.69, 9.17) is 9.99 Å². The van der Waals surface area contributed by atoms with Crippen LogP contribution in [0.2, 0.25) is 0 Å². The van der Waals surface area contributed by atoms with Crippen LogP contribution in [0.1, 0.15) is 66.2 Å². The van der Waals surface area contributed by atoms with Crippen LogP contribution in [0, 0.1) is 10.8 Å². The van der Waals surface area contributed by atoms with E-state index in [0.29, 0.717) is 13.2 Å². The minimum absolute atomic E-state index is 0.172. The molecule has 0 spiro atoms. The maximum absolute atomic E-state index is 11.0. The lowest BCUT2D eigenvalue weighted by Crippen LogP contribution is -2.18. The number of hydrogen-bond acceptors (Lipinski definition) is 4. The molecule has 0 aliphatic rings. The zero-order chi connectivity index (χ0) is 16.4. The van der Waals surface area contributed by atoms with E-state index in [1.54, 1.807) is 0 Å². The van der Waals surface area contributed by atoms with E-state index in [-0.39, 0.29) is 16.8 Å². The van der Waals surface area contributed by atoms with Crippen molar-refractivity contribution in [3.63, 3.8) is 0 Å². The van der Waals surface area contributed by atoms with Gasteiger partial charge in [-0.2, -0.15) is 0 Å². The molecule has 1 N–H and O–H groups in total. The summed E-state index contributed by atoms with van der Waals surface area (Å²) in [5.41, 5.74) is 0.440. The van der Waals surface area contributed by atoms with Gasteiger partial charge in [-0.1, -0.05) is 40.7 Å². The van der Waals surface area contributed by atoms with Crippen molar-refractivity contribution in [3.05, 3.63) is 12.7 Å². The SMILES string of the molecule is C=CC(=O)OCCC(C)(C)CCCC(C)(C)CCCOO. The van der Waals surface area contributed by atoms with Gasteiger partial charge in [-0.15, -0.1) is 0 Å². The van der Waals surface area contributed by atoms with Crippen LogP contribution < -0.4 is 0 Å². The fourth-order valence-corrected chi connectivity index (χ4v) is 2.40. The summed E-state index contributed by atoms with van der Waals surface area (Å²) in [5.74, 6) is -0.349. The summed E-state index contributed by atoms with van der Waals surface area (Å²) in [6.45, 7) is 13.2. The number of ether oxygens (including phenoxy) is 1. The van der Waals surface area contributed by atoms with E-state index in [9.17, 15) is 4.79 Å². The first kappa shape index (κ1) is 20.1. The molecule has 0 heterocycles. The highest BCUT2D eigenvalue weighted by molar-refractivity contribution is 5.81. The van der Waals surface area contributed by atoms with Crippen molar-refractivity contribution >= 4 is 5.97 Å². The van der Waals surface area contributed by atoms with Crippen molar-refractivity contribution < 1.29 is 19.7 Å². The molecule has 4 nitrogen and oxygen atoms in total. The third-order valence-electron chi connectivity index (χ3n) is 3.99. The fourth-order valence-electron chi connectivity index (χ4n) is 2.40. The Labute approximate surface area is 129 Å². The van der Waals surface area contributed by atoms with E-state index >= 15 is 0 Å². The van der Waals surface area contributed by atoms with Crippen LogP contribution in [0.4, 0.5) is 0 Å². The Balaban J connectivity index is 3.90. The predicted octanol–water partition coefficient (Wildman–Crippen LogP) is 4.60. The molecule has 0 aromatic carbocycles. The predicted molar refractivity (Wildman–Crippen MR) is 85.0 cm³/mol. The van der Waals surface area contributed by atoms with Crippen LogP contribution in [0.3, 0.4) is 0 Å². The standard InChI is InChI=1S/C17H32O4/c1-6-15(18)20-14-12-17(4,5)10-7-9-16(2,3)11-8-13-21-19/h6,19H,1,7-14H2,2-5H3. The molecule has 0 saturated heterocycles. The lowest BCUT2D eigenvalue weighted by atomic mass is 9.78. The minimum atomic E-state index is -0.349. The highest BCUT2D eigenvalue weighted by atomic mass is 17.1. The minimum Gasteiger partial charge on any atom is -0.463 e. The van der Waals surface area contributed by atoms with Crippen molar-refractivity contribution in [1.82, 2.24) is 0 Å². The van der Waals surface area contributed by atoms with Gasteiger partial charge in [0.25, 0.3) is 0 Å². The molecule has 0 radical (unpaired) electrons. The number of carbonyl (C=O) groups excluding carboxylic acids is 1. The molecular weight excluding hydrogens is 268 g/mol. The lowest BCUT2D eigenvalue weighted by Gasteiger charge is -2.28. The highest BCUT2D eigenvalue weighted by Gasteiger charge is 2.22. The molecule has 0 aliphatic carbocycles. The molecular formula is C17H32O4. The van der Waals surface area contributed by atoms with Crippen LogP contribution >= 0.6 is 0 Å². The lowest BCUT2D eigenvalue weighted by molar-refractivity contribution is -0.243. The molecule has 4 heteroatoms. The second kappa shape index (κ2) is 9.96. The molecule has 0 aliphatic heterocycles. The number of hydrogen-bond donors (Lipinski definition) is 1. The van der Waals surface area contributed by atoms with Crippen molar-refractivity contribution in [1.29, 1.82) is 0 Å². The van der Waals surface area contributed by atoms with Gasteiger partial charge in [-0.3, -0.25) is 5.26 Å². The van der Waals surface area contributed by atoms with Gasteiger partial charge in [-0.05, 0) is 42.9 Å². The molecule has 0 aromatic rings. The summed E-state index contributed by atoms with van der Waals surface area (Å²) in [7, 11) is 0. The molecule has 0 fully saturated rings. The first-order valence-corrected chi connectivity index (χ1v) is 7.78. The van der Waals surface area contributed by atoms with Gasteiger partial charge in [0, 0.05) is 6.08 Å². The molecule has 124 valence electrons. The van der Waals surface area contributed by atoms with Crippen molar-refractivity contribution in [2.24, 2.45) is 10.8 Å². The van der Waals surface area contributed by atoms with E-state index in [0.717, 1.165) is 38.5 Å². The Morgan fingerprint density at radius 2 is 1.52 bits per heavy atom. The maximum Gasteiger partial charge on any atom is 0.330 e. The molecule has 0 unspecified atom stereocenters. The molecule has 0 bridgehead atoms. The number of esters is 1. The molecule has 21 heavy (non-hydrogen) atoms. The topological polar surface area (TPSA) is 55.8 Å². The molecule has 0 amide bonds. The Hall–Kier alpha value is -0.870. The smallest absolute Gasteiger partial charge is 0.330 e. The Morgan fingerprint density at radius 1 is 1.00 bits per heavy atom. The van der Waals surface area contributed by atoms with Gasteiger partial charge in [0.1, 0.15) is 0 Å². The van der Waals surface area contributed by atoms with Gasteiger partial charge in [-0.25, -0.2) is 9.68 Å². The van der Waals surface area contributed by atoms with Crippen LogP contribution in [-0.2, 0) is 14.4 Å². The third kappa shape index (κ3) is 11.5. The highest BCUT2D eigenvalue weighted by Crippen LogP contribution is 2.33. The quantitative estimate of drug-likeness (QED) is 0.188. The van der Waals surface area contributed by atoms with Gasteiger partial charge < -0.3 is 4.74 Å². The summed E-state index contributed by atoms with van der Waals surface area (Å²) in [6, 6.07) is 0. The second-order valence-electron chi connectivity index (χ2n) is 7.24. The average molecular weight is 300 g/mol. The van der Waals surface area contributed by atoms with Crippen LogP contribution in [0.5, 0.6) is 0 Å². The maximum atomic E-state index is 11.0.